The van der Waals surface area contributed by atoms with Gasteiger partial charge in [-0.15, -0.1) is 0 Å². The second-order valence-electron chi connectivity index (χ2n) is 3.55. The molecule has 0 radical (unpaired) electrons. The van der Waals surface area contributed by atoms with Gasteiger partial charge in [0.2, 0.25) is 0 Å². The van der Waals surface area contributed by atoms with Crippen LogP contribution in [0.25, 0.3) is 0 Å². The normalized spacial score (nSPS) is 10.2. The second kappa shape index (κ2) is 5.80. The smallest absolute Gasteiger partial charge is 0.145 e. The van der Waals surface area contributed by atoms with Gasteiger partial charge in [-0.3, -0.25) is 4.98 Å². The Hall–Kier alpha value is -1.39. The molecule has 1 aromatic heterocycles. The minimum absolute atomic E-state index is 0.733. The van der Waals surface area contributed by atoms with Crippen molar-refractivity contribution in [2.24, 2.45) is 0 Å². The summed E-state index contributed by atoms with van der Waals surface area (Å²) in [5.74, 6) is 1.52. The SMILES string of the molecule is CNCc1ccc(Oc2ccccc2Br)cn1. The fourth-order valence-corrected chi connectivity index (χ4v) is 1.78. The van der Waals surface area contributed by atoms with Crippen LogP contribution in [0.15, 0.2) is 47.1 Å². The third-order valence-electron chi connectivity index (χ3n) is 2.22. The van der Waals surface area contributed by atoms with Crippen molar-refractivity contribution < 1.29 is 4.74 Å². The van der Waals surface area contributed by atoms with Crippen LogP contribution in [0.4, 0.5) is 0 Å². The molecule has 4 heteroatoms. The van der Waals surface area contributed by atoms with E-state index in [4.69, 9.17) is 4.74 Å². The van der Waals surface area contributed by atoms with Gasteiger partial charge in [0.1, 0.15) is 11.5 Å². The third-order valence-corrected chi connectivity index (χ3v) is 2.88. The van der Waals surface area contributed by atoms with Crippen molar-refractivity contribution in [3.05, 3.63) is 52.8 Å². The maximum atomic E-state index is 5.71. The Morgan fingerprint density at radius 2 is 2.06 bits per heavy atom. The molecular formula is C13H13BrN2O. The van der Waals surface area contributed by atoms with Crippen molar-refractivity contribution in [3.8, 4) is 11.5 Å². The fourth-order valence-electron chi connectivity index (χ4n) is 1.41. The summed E-state index contributed by atoms with van der Waals surface area (Å²) in [5, 5.41) is 3.05. The molecule has 88 valence electrons. The molecule has 17 heavy (non-hydrogen) atoms. The molecule has 0 saturated carbocycles. The number of nitrogens with one attached hydrogen (secondary N) is 1. The maximum absolute atomic E-state index is 5.71. The summed E-state index contributed by atoms with van der Waals surface area (Å²) in [7, 11) is 1.90. The van der Waals surface area contributed by atoms with Gasteiger partial charge in [-0.05, 0) is 47.2 Å². The molecule has 1 N–H and O–H groups in total. The first-order valence-corrected chi connectivity index (χ1v) is 6.11. The average molecular weight is 293 g/mol. The van der Waals surface area contributed by atoms with E-state index < -0.39 is 0 Å². The number of hydrogen-bond acceptors (Lipinski definition) is 3. The van der Waals surface area contributed by atoms with Crippen LogP contribution in [0.5, 0.6) is 11.5 Å². The number of rotatable bonds is 4. The van der Waals surface area contributed by atoms with Gasteiger partial charge < -0.3 is 10.1 Å². The maximum Gasteiger partial charge on any atom is 0.145 e. The van der Waals surface area contributed by atoms with Crippen LogP contribution in [0, 0.1) is 0 Å². The molecule has 0 spiro atoms. The van der Waals surface area contributed by atoms with E-state index in [0.29, 0.717) is 0 Å². The topological polar surface area (TPSA) is 34.1 Å². The Morgan fingerprint density at radius 1 is 1.24 bits per heavy atom. The molecule has 0 amide bonds. The van der Waals surface area contributed by atoms with Crippen molar-refractivity contribution in [1.82, 2.24) is 10.3 Å². The molecule has 0 aliphatic carbocycles. The van der Waals surface area contributed by atoms with Gasteiger partial charge in [0, 0.05) is 6.54 Å². The van der Waals surface area contributed by atoms with Crippen LogP contribution < -0.4 is 10.1 Å². The lowest BCUT2D eigenvalue weighted by atomic mass is 10.3. The molecular weight excluding hydrogens is 280 g/mol. The summed E-state index contributed by atoms with van der Waals surface area (Å²) < 4.78 is 6.64. The Kier molecular flexibility index (Phi) is 4.12. The van der Waals surface area contributed by atoms with E-state index in [1.54, 1.807) is 6.20 Å². The molecule has 0 bridgehead atoms. The quantitative estimate of drug-likeness (QED) is 0.938. The molecule has 2 rings (SSSR count). The molecule has 1 aromatic carbocycles. The molecule has 0 saturated heterocycles. The number of hydrogen-bond donors (Lipinski definition) is 1. The third kappa shape index (κ3) is 3.28. The molecule has 0 aliphatic rings. The zero-order valence-corrected chi connectivity index (χ0v) is 11.1. The highest BCUT2D eigenvalue weighted by atomic mass is 79.9. The van der Waals surface area contributed by atoms with E-state index in [1.807, 2.05) is 43.4 Å². The molecule has 1 heterocycles. The zero-order chi connectivity index (χ0) is 12.1. The van der Waals surface area contributed by atoms with Crippen LogP contribution in [0.2, 0.25) is 0 Å². The number of halogens is 1. The molecule has 0 aliphatic heterocycles. The first-order valence-electron chi connectivity index (χ1n) is 5.31. The van der Waals surface area contributed by atoms with Gasteiger partial charge in [0.25, 0.3) is 0 Å². The Morgan fingerprint density at radius 3 is 2.71 bits per heavy atom. The Labute approximate surface area is 109 Å². The largest absolute Gasteiger partial charge is 0.455 e. The first kappa shape index (κ1) is 12.1. The lowest BCUT2D eigenvalue weighted by molar-refractivity contribution is 0.476. The minimum Gasteiger partial charge on any atom is -0.455 e. The summed E-state index contributed by atoms with van der Waals surface area (Å²) in [6.45, 7) is 0.759. The number of nitrogens with zero attached hydrogens (tertiary/aromatic N) is 1. The van der Waals surface area contributed by atoms with Crippen LogP contribution in [0.1, 0.15) is 5.69 Å². The highest BCUT2D eigenvalue weighted by Gasteiger charge is 2.01. The first-order chi connectivity index (χ1) is 8.29. The van der Waals surface area contributed by atoms with Crippen molar-refractivity contribution in [3.63, 3.8) is 0 Å². The molecule has 2 aromatic rings. The highest BCUT2D eigenvalue weighted by Crippen LogP contribution is 2.28. The van der Waals surface area contributed by atoms with Crippen LogP contribution in [-0.4, -0.2) is 12.0 Å². The van der Waals surface area contributed by atoms with Gasteiger partial charge in [0.15, 0.2) is 0 Å². The molecule has 3 nitrogen and oxygen atoms in total. The number of aromatic nitrogens is 1. The average Bonchev–Trinajstić information content (AvgIpc) is 2.35. The van der Waals surface area contributed by atoms with Gasteiger partial charge in [-0.1, -0.05) is 12.1 Å². The molecule has 0 unspecified atom stereocenters. The predicted molar refractivity (Wildman–Crippen MR) is 71.2 cm³/mol. The van der Waals surface area contributed by atoms with Crippen LogP contribution in [-0.2, 0) is 6.54 Å². The number of para-hydroxylation sites is 1. The number of ether oxygens (including phenoxy) is 1. The van der Waals surface area contributed by atoms with Crippen molar-refractivity contribution in [1.29, 1.82) is 0 Å². The summed E-state index contributed by atoms with van der Waals surface area (Å²) in [6.07, 6.45) is 1.73. The molecule has 0 fully saturated rings. The van der Waals surface area contributed by atoms with Gasteiger partial charge in [0.05, 0.1) is 16.4 Å². The number of benzene rings is 1. The lowest BCUT2D eigenvalue weighted by Crippen LogP contribution is -2.06. The van der Waals surface area contributed by atoms with E-state index in [1.165, 1.54) is 0 Å². The van der Waals surface area contributed by atoms with E-state index in [2.05, 4.69) is 26.2 Å². The molecule has 0 atom stereocenters. The summed E-state index contributed by atoms with van der Waals surface area (Å²) in [5.41, 5.74) is 0.993. The lowest BCUT2D eigenvalue weighted by Gasteiger charge is -2.07. The van der Waals surface area contributed by atoms with Gasteiger partial charge >= 0.3 is 0 Å². The predicted octanol–water partition coefficient (Wildman–Crippen LogP) is 3.36. The fraction of sp³-hybridized carbons (Fsp3) is 0.154. The highest BCUT2D eigenvalue weighted by molar-refractivity contribution is 9.10. The minimum atomic E-state index is 0.733. The van der Waals surface area contributed by atoms with E-state index in [-0.39, 0.29) is 0 Å². The monoisotopic (exact) mass is 292 g/mol. The van der Waals surface area contributed by atoms with Crippen LogP contribution in [0.3, 0.4) is 0 Å². The van der Waals surface area contributed by atoms with Gasteiger partial charge in [-0.2, -0.15) is 0 Å². The Bertz CT molecular complexity index is 485. The van der Waals surface area contributed by atoms with E-state index >= 15 is 0 Å². The number of pyridine rings is 1. The summed E-state index contributed by atoms with van der Waals surface area (Å²) in [6, 6.07) is 11.6. The van der Waals surface area contributed by atoms with Crippen molar-refractivity contribution >= 4 is 15.9 Å². The summed E-state index contributed by atoms with van der Waals surface area (Å²) >= 11 is 3.44. The summed E-state index contributed by atoms with van der Waals surface area (Å²) in [4.78, 5) is 4.29. The van der Waals surface area contributed by atoms with E-state index in [0.717, 1.165) is 28.2 Å². The second-order valence-corrected chi connectivity index (χ2v) is 4.40. The Balaban J connectivity index is 2.11. The standard InChI is InChI=1S/C13H13BrN2O/c1-15-8-10-6-7-11(9-16-10)17-13-5-3-2-4-12(13)14/h2-7,9,15H,8H2,1H3. The van der Waals surface area contributed by atoms with E-state index in [9.17, 15) is 0 Å². The van der Waals surface area contributed by atoms with Gasteiger partial charge in [-0.25, -0.2) is 0 Å². The van der Waals surface area contributed by atoms with Crippen molar-refractivity contribution in [2.75, 3.05) is 7.05 Å². The van der Waals surface area contributed by atoms with Crippen molar-refractivity contribution in [2.45, 2.75) is 6.54 Å². The zero-order valence-electron chi connectivity index (χ0n) is 9.48. The van der Waals surface area contributed by atoms with Crippen LogP contribution >= 0.6 is 15.9 Å².